The number of aryl methyl sites for hydroxylation is 1. The molecule has 1 N–H and O–H groups in total. The third-order valence-corrected chi connectivity index (χ3v) is 4.51. The summed E-state index contributed by atoms with van der Waals surface area (Å²) >= 11 is 1.78. The standard InChI is InChI=1S/C16H20N2O2S/c1-2-13-10-18-16(21-13)11-17-9-12-4-5-14-15(8-12)20-7-3-6-19-14/h4-5,8,10,17H,2-3,6-7,9,11H2,1H3. The van der Waals surface area contributed by atoms with Gasteiger partial charge in [0, 0.05) is 30.6 Å². The average Bonchev–Trinajstić information content (AvgIpc) is 2.84. The van der Waals surface area contributed by atoms with Gasteiger partial charge >= 0.3 is 0 Å². The molecule has 0 unspecified atom stereocenters. The van der Waals surface area contributed by atoms with Crippen LogP contribution in [0.15, 0.2) is 24.4 Å². The molecule has 21 heavy (non-hydrogen) atoms. The average molecular weight is 304 g/mol. The summed E-state index contributed by atoms with van der Waals surface area (Å²) in [4.78, 5) is 5.75. The molecule has 2 aromatic rings. The maximum atomic E-state index is 5.71. The van der Waals surface area contributed by atoms with Gasteiger partial charge in [0.2, 0.25) is 0 Å². The first-order valence-corrected chi connectivity index (χ1v) is 8.19. The third-order valence-electron chi connectivity index (χ3n) is 3.37. The lowest BCUT2D eigenvalue weighted by Crippen LogP contribution is -2.12. The number of fused-ring (bicyclic) bond motifs is 1. The quantitative estimate of drug-likeness (QED) is 0.921. The molecule has 1 aromatic carbocycles. The third kappa shape index (κ3) is 3.74. The van der Waals surface area contributed by atoms with Gasteiger partial charge in [-0.2, -0.15) is 0 Å². The lowest BCUT2D eigenvalue weighted by atomic mass is 10.2. The van der Waals surface area contributed by atoms with Crippen LogP contribution >= 0.6 is 11.3 Å². The van der Waals surface area contributed by atoms with Crippen molar-refractivity contribution in [2.45, 2.75) is 32.9 Å². The fraction of sp³-hybridized carbons (Fsp3) is 0.438. The highest BCUT2D eigenvalue weighted by Crippen LogP contribution is 2.30. The first-order valence-electron chi connectivity index (χ1n) is 7.38. The van der Waals surface area contributed by atoms with Crippen LogP contribution in [0.2, 0.25) is 0 Å². The molecule has 1 aromatic heterocycles. The highest BCUT2D eigenvalue weighted by Gasteiger charge is 2.10. The van der Waals surface area contributed by atoms with Crippen molar-refractivity contribution >= 4 is 11.3 Å². The van der Waals surface area contributed by atoms with Gasteiger partial charge in [0.15, 0.2) is 11.5 Å². The zero-order chi connectivity index (χ0) is 14.5. The Bertz CT molecular complexity index is 598. The number of nitrogens with one attached hydrogen (secondary N) is 1. The zero-order valence-corrected chi connectivity index (χ0v) is 13.0. The Morgan fingerprint density at radius 3 is 2.86 bits per heavy atom. The van der Waals surface area contributed by atoms with Crippen LogP contribution in [0.4, 0.5) is 0 Å². The van der Waals surface area contributed by atoms with E-state index in [9.17, 15) is 0 Å². The molecule has 1 aliphatic heterocycles. The zero-order valence-electron chi connectivity index (χ0n) is 12.2. The molecule has 0 spiro atoms. The largest absolute Gasteiger partial charge is 0.490 e. The predicted molar refractivity (Wildman–Crippen MR) is 84.1 cm³/mol. The van der Waals surface area contributed by atoms with Crippen LogP contribution in [0.1, 0.15) is 28.8 Å². The summed E-state index contributed by atoms with van der Waals surface area (Å²) in [6.45, 7) is 5.22. The summed E-state index contributed by atoms with van der Waals surface area (Å²) in [5, 5.41) is 4.57. The minimum absolute atomic E-state index is 0.725. The Balaban J connectivity index is 1.56. The van der Waals surface area contributed by atoms with E-state index in [-0.39, 0.29) is 0 Å². The lowest BCUT2D eigenvalue weighted by Gasteiger charge is -2.09. The smallest absolute Gasteiger partial charge is 0.161 e. The normalized spacial score (nSPS) is 14.0. The SMILES string of the molecule is CCc1cnc(CNCc2ccc3c(c2)OCCCO3)s1. The summed E-state index contributed by atoms with van der Waals surface area (Å²) in [5.41, 5.74) is 1.20. The molecule has 0 aliphatic carbocycles. The minimum atomic E-state index is 0.725. The molecule has 0 atom stereocenters. The summed E-state index contributed by atoms with van der Waals surface area (Å²) < 4.78 is 11.3. The number of aromatic nitrogens is 1. The highest BCUT2D eigenvalue weighted by atomic mass is 32.1. The second-order valence-corrected chi connectivity index (χ2v) is 6.21. The van der Waals surface area contributed by atoms with Gasteiger partial charge in [-0.25, -0.2) is 4.98 Å². The van der Waals surface area contributed by atoms with Crippen molar-refractivity contribution in [2.75, 3.05) is 13.2 Å². The summed E-state index contributed by atoms with van der Waals surface area (Å²) in [7, 11) is 0. The van der Waals surface area contributed by atoms with Crippen LogP contribution in [-0.4, -0.2) is 18.2 Å². The summed E-state index contributed by atoms with van der Waals surface area (Å²) in [6, 6.07) is 6.14. The molecule has 0 saturated carbocycles. The van der Waals surface area contributed by atoms with E-state index in [2.05, 4.69) is 29.4 Å². The maximum Gasteiger partial charge on any atom is 0.161 e. The number of ether oxygens (including phenoxy) is 2. The first-order chi connectivity index (χ1) is 10.3. The number of benzene rings is 1. The molecule has 0 bridgehead atoms. The van der Waals surface area contributed by atoms with E-state index in [1.165, 1.54) is 10.4 Å². The van der Waals surface area contributed by atoms with Crippen LogP contribution in [0, 0.1) is 0 Å². The van der Waals surface area contributed by atoms with Crippen LogP contribution < -0.4 is 14.8 Å². The lowest BCUT2D eigenvalue weighted by molar-refractivity contribution is 0.297. The molecule has 0 amide bonds. The Kier molecular flexibility index (Phi) is 4.72. The molecule has 2 heterocycles. The van der Waals surface area contributed by atoms with Crippen molar-refractivity contribution in [3.8, 4) is 11.5 Å². The van der Waals surface area contributed by atoms with Gasteiger partial charge in [-0.1, -0.05) is 13.0 Å². The fourth-order valence-electron chi connectivity index (χ4n) is 2.22. The van der Waals surface area contributed by atoms with Crippen molar-refractivity contribution < 1.29 is 9.47 Å². The molecular weight excluding hydrogens is 284 g/mol. The van der Waals surface area contributed by atoms with E-state index < -0.39 is 0 Å². The molecule has 3 rings (SSSR count). The monoisotopic (exact) mass is 304 g/mol. The molecule has 4 nitrogen and oxygen atoms in total. The summed E-state index contributed by atoms with van der Waals surface area (Å²) in [5.74, 6) is 1.71. The number of hydrogen-bond donors (Lipinski definition) is 1. The molecule has 0 saturated heterocycles. The van der Waals surface area contributed by atoms with E-state index in [1.54, 1.807) is 11.3 Å². The number of nitrogens with zero attached hydrogens (tertiary/aromatic N) is 1. The van der Waals surface area contributed by atoms with Gasteiger partial charge in [-0.15, -0.1) is 11.3 Å². The Hall–Kier alpha value is -1.59. The number of thiazole rings is 1. The highest BCUT2D eigenvalue weighted by molar-refractivity contribution is 7.11. The van der Waals surface area contributed by atoms with Crippen LogP contribution in [0.3, 0.4) is 0 Å². The van der Waals surface area contributed by atoms with E-state index in [0.717, 1.165) is 55.7 Å². The van der Waals surface area contributed by atoms with E-state index in [0.29, 0.717) is 0 Å². The molecular formula is C16H20N2O2S. The topological polar surface area (TPSA) is 43.4 Å². The van der Waals surface area contributed by atoms with Crippen molar-refractivity contribution in [1.82, 2.24) is 10.3 Å². The van der Waals surface area contributed by atoms with Gasteiger partial charge < -0.3 is 14.8 Å². The van der Waals surface area contributed by atoms with Gasteiger partial charge in [0.05, 0.1) is 13.2 Å². The Labute approximate surface area is 129 Å². The van der Waals surface area contributed by atoms with E-state index in [1.807, 2.05) is 12.3 Å². The molecule has 1 aliphatic rings. The van der Waals surface area contributed by atoms with Gasteiger partial charge in [-0.3, -0.25) is 0 Å². The molecule has 0 fully saturated rings. The molecule has 112 valence electrons. The Morgan fingerprint density at radius 2 is 2.05 bits per heavy atom. The number of rotatable bonds is 5. The number of hydrogen-bond acceptors (Lipinski definition) is 5. The second kappa shape index (κ2) is 6.91. The van der Waals surface area contributed by atoms with Crippen LogP contribution in [0.25, 0.3) is 0 Å². The molecule has 5 heteroatoms. The van der Waals surface area contributed by atoms with Crippen LogP contribution in [0.5, 0.6) is 11.5 Å². The van der Waals surface area contributed by atoms with Gasteiger partial charge in [0.25, 0.3) is 0 Å². The van der Waals surface area contributed by atoms with Gasteiger partial charge in [0.1, 0.15) is 5.01 Å². The van der Waals surface area contributed by atoms with Crippen molar-refractivity contribution in [1.29, 1.82) is 0 Å². The second-order valence-electron chi connectivity index (χ2n) is 5.01. The first kappa shape index (κ1) is 14.4. The van der Waals surface area contributed by atoms with Gasteiger partial charge in [-0.05, 0) is 24.1 Å². The van der Waals surface area contributed by atoms with Crippen molar-refractivity contribution in [3.05, 3.63) is 39.8 Å². The molecule has 0 radical (unpaired) electrons. The minimum Gasteiger partial charge on any atom is -0.490 e. The van der Waals surface area contributed by atoms with Crippen molar-refractivity contribution in [3.63, 3.8) is 0 Å². The summed E-state index contributed by atoms with van der Waals surface area (Å²) in [6.07, 6.45) is 3.96. The predicted octanol–water partition coefficient (Wildman–Crippen LogP) is 3.16. The van der Waals surface area contributed by atoms with Crippen LogP contribution in [-0.2, 0) is 19.5 Å². The fourth-order valence-corrected chi connectivity index (χ4v) is 3.06. The maximum absolute atomic E-state index is 5.71. The van der Waals surface area contributed by atoms with E-state index in [4.69, 9.17) is 9.47 Å². The van der Waals surface area contributed by atoms with E-state index >= 15 is 0 Å². The Morgan fingerprint density at radius 1 is 1.19 bits per heavy atom. The van der Waals surface area contributed by atoms with Crippen molar-refractivity contribution in [2.24, 2.45) is 0 Å².